The summed E-state index contributed by atoms with van der Waals surface area (Å²) in [4.78, 5) is 1.53. The Bertz CT molecular complexity index is 145. The predicted octanol–water partition coefficient (Wildman–Crippen LogP) is -0.629. The molecule has 0 amide bonds. The Morgan fingerprint density at radius 2 is 2.40 bits per heavy atom. The van der Waals surface area contributed by atoms with Gasteiger partial charge in [-0.15, -0.1) is 0 Å². The van der Waals surface area contributed by atoms with E-state index in [1.165, 1.54) is 4.90 Å². The first-order valence-electron chi connectivity index (χ1n) is 3.76. The van der Waals surface area contributed by atoms with E-state index < -0.39 is 0 Å². The van der Waals surface area contributed by atoms with Crippen molar-refractivity contribution in [2.45, 2.75) is 13.3 Å². The van der Waals surface area contributed by atoms with Gasteiger partial charge in [0.15, 0.2) is 0 Å². The summed E-state index contributed by atoms with van der Waals surface area (Å²) in [5.74, 6) is 0.457. The van der Waals surface area contributed by atoms with Crippen LogP contribution in [0.25, 0.3) is 0 Å². The summed E-state index contributed by atoms with van der Waals surface area (Å²) in [5.41, 5.74) is 0.964. The molecular weight excluding hydrogens is 128 g/mol. The third kappa shape index (κ3) is 1.48. The van der Waals surface area contributed by atoms with Crippen molar-refractivity contribution in [2.24, 2.45) is 11.1 Å². The van der Waals surface area contributed by atoms with E-state index in [0.29, 0.717) is 5.92 Å². The topological polar surface area (TPSA) is 37.0 Å². The number of nitrogens with one attached hydrogen (secondary N) is 1. The Kier molecular flexibility index (Phi) is 2.27. The first-order valence-corrected chi connectivity index (χ1v) is 3.76. The van der Waals surface area contributed by atoms with Gasteiger partial charge in [-0.2, -0.15) is 0 Å². The van der Waals surface area contributed by atoms with Crippen LogP contribution in [-0.4, -0.2) is 31.1 Å². The van der Waals surface area contributed by atoms with Crippen LogP contribution in [0, 0.1) is 5.92 Å². The van der Waals surface area contributed by atoms with Gasteiger partial charge < -0.3 is 10.1 Å². The number of hydrogen-bond donors (Lipinski definition) is 2. The van der Waals surface area contributed by atoms with E-state index in [2.05, 4.69) is 19.1 Å². The maximum absolute atomic E-state index is 8.53. The first-order chi connectivity index (χ1) is 4.74. The number of piperidine rings is 1. The number of likely N-dealkylation sites (tertiary alicyclic amines) is 1. The van der Waals surface area contributed by atoms with Gasteiger partial charge in [-0.05, 0) is 0 Å². The molecule has 10 heavy (non-hydrogen) atoms. The second kappa shape index (κ2) is 3.01. The van der Waals surface area contributed by atoms with Crippen LogP contribution in [-0.2, 0) is 0 Å². The summed E-state index contributed by atoms with van der Waals surface area (Å²) in [6.45, 7) is 4.31. The highest BCUT2D eigenvalue weighted by Crippen LogP contribution is 2.02. The fourth-order valence-electron chi connectivity index (χ4n) is 1.48. The molecule has 1 aliphatic rings. The molecule has 1 heterocycles. The maximum atomic E-state index is 8.53. The molecule has 3 nitrogen and oxygen atoms in total. The van der Waals surface area contributed by atoms with E-state index in [-0.39, 0.29) is 0 Å². The fourth-order valence-corrected chi connectivity index (χ4v) is 1.48. The zero-order chi connectivity index (χ0) is 7.56. The van der Waals surface area contributed by atoms with Crippen LogP contribution in [0.5, 0.6) is 0 Å². The molecule has 1 unspecified atom stereocenters. The maximum Gasteiger partial charge on any atom is 0.0849 e. The average molecular weight is 143 g/mol. The number of nitrogens with zero attached hydrogens (tertiary/aromatic N) is 1. The van der Waals surface area contributed by atoms with Crippen LogP contribution >= 0.6 is 0 Å². The van der Waals surface area contributed by atoms with Gasteiger partial charge in [-0.25, -0.2) is 0 Å². The summed E-state index contributed by atoms with van der Waals surface area (Å²) in [5, 5.41) is 11.8. The first kappa shape index (κ1) is 7.54. The Morgan fingerprint density at radius 1 is 1.70 bits per heavy atom. The van der Waals surface area contributed by atoms with Gasteiger partial charge in [0.05, 0.1) is 25.8 Å². The summed E-state index contributed by atoms with van der Waals surface area (Å²) in [6, 6.07) is 0. The van der Waals surface area contributed by atoms with Crippen molar-refractivity contribution in [3.63, 3.8) is 0 Å². The molecule has 1 fully saturated rings. The minimum Gasteiger partial charge on any atom is -0.411 e. The van der Waals surface area contributed by atoms with Crippen molar-refractivity contribution in [2.75, 3.05) is 20.1 Å². The average Bonchev–Trinajstić information content (AvgIpc) is 1.88. The predicted molar refractivity (Wildman–Crippen MR) is 39.6 cm³/mol. The second-order valence-electron chi connectivity index (χ2n) is 3.15. The minimum atomic E-state index is 0.457. The van der Waals surface area contributed by atoms with Crippen molar-refractivity contribution in [1.82, 2.24) is 0 Å². The van der Waals surface area contributed by atoms with E-state index in [4.69, 9.17) is 5.21 Å². The molecule has 0 aromatic carbocycles. The van der Waals surface area contributed by atoms with Gasteiger partial charge in [-0.1, -0.05) is 12.1 Å². The zero-order valence-electron chi connectivity index (χ0n) is 6.59. The monoisotopic (exact) mass is 143 g/mol. The molecule has 58 valence electrons. The van der Waals surface area contributed by atoms with E-state index >= 15 is 0 Å². The van der Waals surface area contributed by atoms with Crippen LogP contribution in [0.2, 0.25) is 0 Å². The third-order valence-electron chi connectivity index (χ3n) is 2.16. The van der Waals surface area contributed by atoms with Crippen LogP contribution in [0.3, 0.4) is 0 Å². The van der Waals surface area contributed by atoms with E-state index in [1.807, 2.05) is 0 Å². The van der Waals surface area contributed by atoms with Crippen molar-refractivity contribution in [1.29, 1.82) is 0 Å². The summed E-state index contributed by atoms with van der Waals surface area (Å²) >= 11 is 0. The standard InChI is InChI=1S/C7H14N2O/c1-6-5-9(2)4-3-7(6)8-10/h6,10H,3-5H2,1-2H3/p+1/b8-7+/t6-/m0/s1. The number of oxime groups is 1. The Hall–Kier alpha value is -0.570. The highest BCUT2D eigenvalue weighted by Gasteiger charge is 2.22. The smallest absolute Gasteiger partial charge is 0.0849 e. The van der Waals surface area contributed by atoms with Crippen molar-refractivity contribution >= 4 is 5.71 Å². The molecule has 0 aliphatic carbocycles. The lowest BCUT2D eigenvalue weighted by molar-refractivity contribution is -0.883. The molecule has 0 aromatic heterocycles. The van der Waals surface area contributed by atoms with Gasteiger partial charge in [0.1, 0.15) is 0 Å². The highest BCUT2D eigenvalue weighted by atomic mass is 16.4. The molecule has 1 saturated heterocycles. The van der Waals surface area contributed by atoms with E-state index in [0.717, 1.165) is 25.2 Å². The van der Waals surface area contributed by atoms with Crippen molar-refractivity contribution in [3.8, 4) is 0 Å². The van der Waals surface area contributed by atoms with Gasteiger partial charge in [-0.3, -0.25) is 0 Å². The Morgan fingerprint density at radius 3 is 2.90 bits per heavy atom. The summed E-state index contributed by atoms with van der Waals surface area (Å²) in [7, 11) is 2.17. The fraction of sp³-hybridized carbons (Fsp3) is 0.857. The van der Waals surface area contributed by atoms with Crippen LogP contribution in [0.15, 0.2) is 5.16 Å². The molecule has 2 N–H and O–H groups in total. The molecule has 0 saturated carbocycles. The normalized spacial score (nSPS) is 38.4. The number of rotatable bonds is 0. The zero-order valence-corrected chi connectivity index (χ0v) is 6.59. The molecule has 0 bridgehead atoms. The molecule has 3 heteroatoms. The van der Waals surface area contributed by atoms with Gasteiger partial charge >= 0.3 is 0 Å². The third-order valence-corrected chi connectivity index (χ3v) is 2.16. The van der Waals surface area contributed by atoms with Crippen LogP contribution < -0.4 is 4.90 Å². The molecule has 0 aromatic rings. The molecule has 1 aliphatic heterocycles. The Labute approximate surface area is 61.3 Å². The lowest BCUT2D eigenvalue weighted by Crippen LogP contribution is -3.11. The van der Waals surface area contributed by atoms with Crippen LogP contribution in [0.4, 0.5) is 0 Å². The van der Waals surface area contributed by atoms with E-state index in [9.17, 15) is 0 Å². The van der Waals surface area contributed by atoms with Gasteiger partial charge in [0.2, 0.25) is 0 Å². The van der Waals surface area contributed by atoms with Crippen molar-refractivity contribution < 1.29 is 10.1 Å². The second-order valence-corrected chi connectivity index (χ2v) is 3.15. The van der Waals surface area contributed by atoms with E-state index in [1.54, 1.807) is 0 Å². The molecule has 1 rings (SSSR count). The quantitative estimate of drug-likeness (QED) is 0.344. The lowest BCUT2D eigenvalue weighted by Gasteiger charge is -2.24. The molecule has 0 spiro atoms. The molecule has 2 atom stereocenters. The lowest BCUT2D eigenvalue weighted by atomic mass is 9.98. The summed E-state index contributed by atoms with van der Waals surface area (Å²) < 4.78 is 0. The van der Waals surface area contributed by atoms with Crippen molar-refractivity contribution in [3.05, 3.63) is 0 Å². The van der Waals surface area contributed by atoms with Gasteiger partial charge in [0.25, 0.3) is 0 Å². The van der Waals surface area contributed by atoms with Crippen LogP contribution in [0.1, 0.15) is 13.3 Å². The summed E-state index contributed by atoms with van der Waals surface area (Å²) in [6.07, 6.45) is 0.948. The number of quaternary nitrogens is 1. The van der Waals surface area contributed by atoms with Gasteiger partial charge in [0, 0.05) is 12.3 Å². The Balaban J connectivity index is 2.52. The molecule has 0 radical (unpaired) electrons. The number of hydrogen-bond acceptors (Lipinski definition) is 2. The largest absolute Gasteiger partial charge is 0.411 e. The highest BCUT2D eigenvalue weighted by molar-refractivity contribution is 5.86. The minimum absolute atomic E-state index is 0.457. The molecular formula is C7H15N2O+. The SMILES string of the molecule is C[C@H]1C[NH+](C)CC/C1=N\O.